The summed E-state index contributed by atoms with van der Waals surface area (Å²) < 4.78 is 13.0. The number of thiazole rings is 1. The molecule has 31 heavy (non-hydrogen) atoms. The van der Waals surface area contributed by atoms with Gasteiger partial charge in [-0.1, -0.05) is 0 Å². The van der Waals surface area contributed by atoms with Gasteiger partial charge in [0, 0.05) is 36.1 Å². The minimum atomic E-state index is -0.594. The number of aryl methyl sites for hydroxylation is 2. The molecule has 1 fully saturated rings. The van der Waals surface area contributed by atoms with Gasteiger partial charge >= 0.3 is 0 Å². The third-order valence-electron chi connectivity index (χ3n) is 5.67. The highest BCUT2D eigenvalue weighted by Gasteiger charge is 2.25. The van der Waals surface area contributed by atoms with Gasteiger partial charge in [-0.3, -0.25) is 4.79 Å². The first-order chi connectivity index (χ1) is 14.9. The Morgan fingerprint density at radius 2 is 2.06 bits per heavy atom. The van der Waals surface area contributed by atoms with Crippen LogP contribution in [-0.2, 0) is 29.0 Å². The Bertz CT molecular complexity index is 874. The van der Waals surface area contributed by atoms with Crippen LogP contribution in [0.2, 0.25) is 0 Å². The van der Waals surface area contributed by atoms with Crippen molar-refractivity contribution in [3.05, 3.63) is 22.3 Å². The Hall–Kier alpha value is -1.42. The number of amides is 1. The third kappa shape index (κ3) is 6.09. The van der Waals surface area contributed by atoms with E-state index in [1.54, 1.807) is 16.0 Å². The molecule has 1 amide bonds. The first kappa shape index (κ1) is 22.8. The van der Waals surface area contributed by atoms with Crippen molar-refractivity contribution in [3.8, 4) is 10.7 Å². The van der Waals surface area contributed by atoms with Crippen LogP contribution in [0, 0.1) is 0 Å². The molecular formula is C22H34N4O3S2. The highest BCUT2D eigenvalue weighted by Crippen LogP contribution is 2.34. The van der Waals surface area contributed by atoms with Gasteiger partial charge < -0.3 is 14.8 Å². The van der Waals surface area contributed by atoms with Crippen LogP contribution in [0.5, 0.6) is 0 Å². The molecule has 0 radical (unpaired) electrons. The van der Waals surface area contributed by atoms with E-state index in [1.807, 2.05) is 6.20 Å². The van der Waals surface area contributed by atoms with Crippen LogP contribution in [0.1, 0.15) is 46.6 Å². The van der Waals surface area contributed by atoms with Crippen LogP contribution < -0.4 is 5.32 Å². The molecule has 0 bridgehead atoms. The smallest absolute Gasteiger partial charge is 0.255 e. The Balaban J connectivity index is 1.53. The molecule has 1 aliphatic heterocycles. The maximum Gasteiger partial charge on any atom is 0.255 e. The van der Waals surface area contributed by atoms with Crippen molar-refractivity contribution in [2.75, 3.05) is 44.3 Å². The van der Waals surface area contributed by atoms with Gasteiger partial charge in [-0.15, -0.1) is 11.3 Å². The highest BCUT2D eigenvalue weighted by molar-refractivity contribution is 8.32. The zero-order chi connectivity index (χ0) is 21.8. The number of carbonyl (C=O) groups excluding carboxylic acids is 1. The van der Waals surface area contributed by atoms with Crippen LogP contribution >= 0.6 is 21.4 Å². The molecule has 0 unspecified atom stereocenters. The van der Waals surface area contributed by atoms with E-state index in [0.717, 1.165) is 36.4 Å². The zero-order valence-electron chi connectivity index (χ0n) is 18.8. The Morgan fingerprint density at radius 3 is 2.81 bits per heavy atom. The fourth-order valence-electron chi connectivity index (χ4n) is 3.84. The number of hydrogen-bond donors (Lipinski definition) is 1. The summed E-state index contributed by atoms with van der Waals surface area (Å²) in [7, 11) is -0.594. The minimum Gasteiger partial charge on any atom is -0.381 e. The molecule has 0 atom stereocenters. The van der Waals surface area contributed by atoms with Gasteiger partial charge in [0.15, 0.2) is 0 Å². The molecule has 4 rings (SSSR count). The zero-order valence-corrected chi connectivity index (χ0v) is 20.4. The molecule has 7 nitrogen and oxygen atoms in total. The molecule has 1 saturated heterocycles. The lowest BCUT2D eigenvalue weighted by atomic mass is 10.0. The molecule has 2 aromatic heterocycles. The van der Waals surface area contributed by atoms with Crippen molar-refractivity contribution < 1.29 is 14.3 Å². The van der Waals surface area contributed by atoms with Crippen molar-refractivity contribution in [2.24, 2.45) is 0 Å². The van der Waals surface area contributed by atoms with Gasteiger partial charge in [0.1, 0.15) is 17.4 Å². The number of rotatable bonds is 8. The SMILES string of the molecule is CS(C)(C)CCOCn1cc(C(=O)NC2CCOCC2)c(-c2nc3c(s2)CCCC3)n1. The summed E-state index contributed by atoms with van der Waals surface area (Å²) in [6.45, 7) is 2.43. The van der Waals surface area contributed by atoms with E-state index in [-0.39, 0.29) is 11.9 Å². The minimum absolute atomic E-state index is 0.0829. The van der Waals surface area contributed by atoms with Crippen LogP contribution in [-0.4, -0.2) is 71.1 Å². The molecule has 0 aromatic carbocycles. The quantitative estimate of drug-likeness (QED) is 0.603. The largest absolute Gasteiger partial charge is 0.381 e. The summed E-state index contributed by atoms with van der Waals surface area (Å²) >= 11 is 1.69. The fraction of sp³-hybridized carbons (Fsp3) is 0.682. The number of carbonyl (C=O) groups is 1. The highest BCUT2D eigenvalue weighted by atomic mass is 32.3. The van der Waals surface area contributed by atoms with E-state index in [2.05, 4.69) is 24.1 Å². The van der Waals surface area contributed by atoms with E-state index in [1.165, 1.54) is 23.4 Å². The van der Waals surface area contributed by atoms with Crippen molar-refractivity contribution in [2.45, 2.75) is 51.3 Å². The summed E-state index contributed by atoms with van der Waals surface area (Å²) in [5.74, 6) is 0.970. The average Bonchev–Trinajstić information content (AvgIpc) is 3.35. The van der Waals surface area contributed by atoms with Crippen molar-refractivity contribution in [1.29, 1.82) is 0 Å². The predicted molar refractivity (Wildman–Crippen MR) is 127 cm³/mol. The van der Waals surface area contributed by atoms with Crippen LogP contribution in [0.15, 0.2) is 6.20 Å². The van der Waals surface area contributed by atoms with Crippen LogP contribution in [0.3, 0.4) is 0 Å². The second kappa shape index (κ2) is 10.0. The van der Waals surface area contributed by atoms with E-state index in [9.17, 15) is 4.79 Å². The molecule has 172 valence electrons. The van der Waals surface area contributed by atoms with E-state index in [4.69, 9.17) is 19.6 Å². The second-order valence-corrected chi connectivity index (χ2v) is 14.9. The first-order valence-electron chi connectivity index (χ1n) is 11.1. The van der Waals surface area contributed by atoms with Crippen molar-refractivity contribution in [3.63, 3.8) is 0 Å². The lowest BCUT2D eigenvalue weighted by Gasteiger charge is -2.24. The number of nitrogens with zero attached hydrogens (tertiary/aromatic N) is 3. The van der Waals surface area contributed by atoms with Gasteiger partial charge in [0.05, 0.1) is 17.9 Å². The average molecular weight is 467 g/mol. The topological polar surface area (TPSA) is 78.3 Å². The predicted octanol–water partition coefficient (Wildman–Crippen LogP) is 3.46. The third-order valence-corrected chi connectivity index (χ3v) is 8.23. The van der Waals surface area contributed by atoms with Gasteiger partial charge in [0.25, 0.3) is 5.91 Å². The van der Waals surface area contributed by atoms with Gasteiger partial charge in [0.2, 0.25) is 0 Å². The number of fused-ring (bicyclic) bond motifs is 1. The summed E-state index contributed by atoms with van der Waals surface area (Å²) in [5, 5.41) is 8.76. The van der Waals surface area contributed by atoms with Crippen LogP contribution in [0.4, 0.5) is 0 Å². The molecular weight excluding hydrogens is 432 g/mol. The lowest BCUT2D eigenvalue weighted by molar-refractivity contribution is 0.0695. The summed E-state index contributed by atoms with van der Waals surface area (Å²) in [6, 6.07) is 0.146. The molecule has 9 heteroatoms. The molecule has 2 aliphatic rings. The Morgan fingerprint density at radius 1 is 1.29 bits per heavy atom. The number of ether oxygens (including phenoxy) is 2. The summed E-state index contributed by atoms with van der Waals surface area (Å²) in [5.41, 5.74) is 2.44. The Kier molecular flexibility index (Phi) is 7.36. The van der Waals surface area contributed by atoms with E-state index >= 15 is 0 Å². The van der Waals surface area contributed by atoms with E-state index < -0.39 is 10.0 Å². The molecule has 0 saturated carbocycles. The molecule has 1 aliphatic carbocycles. The molecule has 1 N–H and O–H groups in total. The number of aromatic nitrogens is 3. The van der Waals surface area contributed by atoms with Gasteiger partial charge in [-0.05, 0) is 57.3 Å². The fourth-order valence-corrected chi connectivity index (χ4v) is 5.60. The van der Waals surface area contributed by atoms with Crippen LogP contribution in [0.25, 0.3) is 10.7 Å². The lowest BCUT2D eigenvalue weighted by Crippen LogP contribution is -2.38. The first-order valence-corrected chi connectivity index (χ1v) is 14.9. The van der Waals surface area contributed by atoms with E-state index in [0.29, 0.717) is 37.8 Å². The number of hydrogen-bond acceptors (Lipinski definition) is 6. The monoisotopic (exact) mass is 466 g/mol. The Labute approximate surface area is 190 Å². The second-order valence-electron chi connectivity index (χ2n) is 9.22. The maximum absolute atomic E-state index is 13.2. The summed E-state index contributed by atoms with van der Waals surface area (Å²) in [6.07, 6.45) is 14.9. The standard InChI is InChI=1S/C22H34N4O3S2/c1-31(2,3)13-12-29-15-26-14-17(21(27)23-16-8-10-28-11-9-16)20(25-26)22-24-18-6-4-5-7-19(18)30-22/h14,16H,4-13,15H2,1-3H3,(H,23,27). The maximum atomic E-state index is 13.2. The normalized spacial score (nSPS) is 18.0. The molecule has 2 aromatic rings. The molecule has 3 heterocycles. The number of nitrogens with one attached hydrogen (secondary N) is 1. The van der Waals surface area contributed by atoms with Crippen molar-refractivity contribution >= 4 is 27.3 Å². The van der Waals surface area contributed by atoms with Gasteiger partial charge in [-0.2, -0.15) is 5.10 Å². The van der Waals surface area contributed by atoms with Gasteiger partial charge in [-0.25, -0.2) is 19.7 Å². The van der Waals surface area contributed by atoms with Crippen molar-refractivity contribution in [1.82, 2.24) is 20.1 Å². The molecule has 0 spiro atoms. The summed E-state index contributed by atoms with van der Waals surface area (Å²) in [4.78, 5) is 19.4.